The second-order valence-corrected chi connectivity index (χ2v) is 5.35. The van der Waals surface area contributed by atoms with Gasteiger partial charge in [-0.25, -0.2) is 8.78 Å². The van der Waals surface area contributed by atoms with Gasteiger partial charge in [0.15, 0.2) is 0 Å². The molecule has 1 aliphatic rings. The van der Waals surface area contributed by atoms with E-state index in [-0.39, 0.29) is 11.3 Å². The van der Waals surface area contributed by atoms with E-state index in [1.54, 1.807) is 6.07 Å². The topological polar surface area (TPSA) is 26.0 Å². The molecule has 1 nitrogen and oxygen atoms in total. The highest BCUT2D eigenvalue weighted by Gasteiger charge is 2.39. The number of rotatable bonds is 3. The summed E-state index contributed by atoms with van der Waals surface area (Å²) in [4.78, 5) is 0. The molecule has 1 aromatic carbocycles. The van der Waals surface area contributed by atoms with Crippen molar-refractivity contribution in [1.82, 2.24) is 0 Å². The molecule has 0 radical (unpaired) electrons. The normalized spacial score (nSPS) is 18.2. The molecule has 0 atom stereocenters. The van der Waals surface area contributed by atoms with Gasteiger partial charge < -0.3 is 5.73 Å². The van der Waals surface area contributed by atoms with Crippen molar-refractivity contribution in [3.63, 3.8) is 0 Å². The molecule has 3 heteroatoms. The predicted molar refractivity (Wildman–Crippen MR) is 65.0 cm³/mol. The monoisotopic (exact) mass is 239 g/mol. The van der Waals surface area contributed by atoms with Crippen molar-refractivity contribution in [3.8, 4) is 0 Å². The fourth-order valence-electron chi connectivity index (χ4n) is 2.60. The Bertz CT molecular complexity index is 417. The zero-order valence-electron chi connectivity index (χ0n) is 10.4. The summed E-state index contributed by atoms with van der Waals surface area (Å²) in [7, 11) is 0. The molecule has 0 saturated heterocycles. The lowest BCUT2D eigenvalue weighted by Crippen LogP contribution is -2.42. The molecule has 2 rings (SSSR count). The number of nitrogens with two attached hydrogens (primary N) is 1. The fraction of sp³-hybridized carbons (Fsp3) is 0.571. The summed E-state index contributed by atoms with van der Waals surface area (Å²) >= 11 is 0. The Morgan fingerprint density at radius 3 is 2.29 bits per heavy atom. The predicted octanol–water partition coefficient (Wildman–Crippen LogP) is 3.47. The van der Waals surface area contributed by atoms with Gasteiger partial charge in [0, 0.05) is 18.0 Å². The minimum Gasteiger partial charge on any atom is -0.330 e. The summed E-state index contributed by atoms with van der Waals surface area (Å²) in [5, 5.41) is 0. The van der Waals surface area contributed by atoms with E-state index in [4.69, 9.17) is 5.73 Å². The molecule has 0 amide bonds. The maximum Gasteiger partial charge on any atom is 0.129 e. The molecule has 0 bridgehead atoms. The third-order valence-electron chi connectivity index (χ3n) is 3.98. The van der Waals surface area contributed by atoms with Gasteiger partial charge >= 0.3 is 0 Å². The second kappa shape index (κ2) is 4.37. The second-order valence-electron chi connectivity index (χ2n) is 5.35. The van der Waals surface area contributed by atoms with Crippen LogP contribution >= 0.6 is 0 Å². The molecular formula is C14H19F2N. The van der Waals surface area contributed by atoms with Gasteiger partial charge in [-0.1, -0.05) is 20.3 Å². The van der Waals surface area contributed by atoms with Crippen LogP contribution in [-0.2, 0) is 5.41 Å². The first-order chi connectivity index (χ1) is 8.00. The maximum absolute atomic E-state index is 13.9. The Balaban J connectivity index is 2.50. The van der Waals surface area contributed by atoms with E-state index in [1.165, 1.54) is 0 Å². The Hall–Kier alpha value is -0.960. The first-order valence-corrected chi connectivity index (χ1v) is 6.19. The average Bonchev–Trinajstić information content (AvgIpc) is 2.19. The smallest absolute Gasteiger partial charge is 0.129 e. The molecule has 94 valence electrons. The minimum atomic E-state index is -0.451. The molecule has 1 aromatic rings. The van der Waals surface area contributed by atoms with E-state index >= 15 is 0 Å². The number of halogens is 2. The van der Waals surface area contributed by atoms with Crippen LogP contribution < -0.4 is 5.73 Å². The molecule has 17 heavy (non-hydrogen) atoms. The highest BCUT2D eigenvalue weighted by Crippen LogP contribution is 2.44. The highest BCUT2D eigenvalue weighted by atomic mass is 19.1. The lowest BCUT2D eigenvalue weighted by atomic mass is 9.64. The van der Waals surface area contributed by atoms with Gasteiger partial charge in [0.05, 0.1) is 0 Å². The zero-order chi connectivity index (χ0) is 12.6. The Kier molecular flexibility index (Phi) is 3.21. The quantitative estimate of drug-likeness (QED) is 0.858. The van der Waals surface area contributed by atoms with E-state index in [0.29, 0.717) is 17.7 Å². The molecule has 0 spiro atoms. The maximum atomic E-state index is 13.9. The average molecular weight is 239 g/mol. The van der Waals surface area contributed by atoms with Crippen LogP contribution in [-0.4, -0.2) is 6.54 Å². The Morgan fingerprint density at radius 1 is 1.24 bits per heavy atom. The van der Waals surface area contributed by atoms with Crippen LogP contribution in [0.1, 0.15) is 50.2 Å². The van der Waals surface area contributed by atoms with Gasteiger partial charge in [0.1, 0.15) is 11.6 Å². The number of hydrogen-bond acceptors (Lipinski definition) is 1. The SMILES string of the molecule is CC(C)c1cc(C2(CN)CCC2)c(F)cc1F. The summed E-state index contributed by atoms with van der Waals surface area (Å²) in [5.41, 5.74) is 6.72. The summed E-state index contributed by atoms with van der Waals surface area (Å²) < 4.78 is 27.5. The molecule has 0 aliphatic heterocycles. The Labute approximate surface area is 101 Å². The van der Waals surface area contributed by atoms with Gasteiger partial charge in [0.2, 0.25) is 0 Å². The minimum absolute atomic E-state index is 0.0595. The molecule has 1 saturated carbocycles. The molecule has 0 heterocycles. The van der Waals surface area contributed by atoms with Crippen LogP contribution in [0.5, 0.6) is 0 Å². The lowest BCUT2D eigenvalue weighted by Gasteiger charge is -2.42. The van der Waals surface area contributed by atoms with Crippen molar-refractivity contribution in [2.45, 2.75) is 44.4 Å². The molecule has 2 N–H and O–H groups in total. The van der Waals surface area contributed by atoms with Crippen LogP contribution in [0.3, 0.4) is 0 Å². The van der Waals surface area contributed by atoms with Crippen LogP contribution in [0.25, 0.3) is 0 Å². The van der Waals surface area contributed by atoms with Crippen molar-refractivity contribution < 1.29 is 8.78 Å². The highest BCUT2D eigenvalue weighted by molar-refractivity contribution is 5.36. The van der Waals surface area contributed by atoms with E-state index in [2.05, 4.69) is 0 Å². The molecule has 0 unspecified atom stereocenters. The van der Waals surface area contributed by atoms with Crippen LogP contribution in [0.4, 0.5) is 8.78 Å². The van der Waals surface area contributed by atoms with Gasteiger partial charge in [-0.2, -0.15) is 0 Å². The molecule has 0 aromatic heterocycles. The largest absolute Gasteiger partial charge is 0.330 e. The van der Waals surface area contributed by atoms with Crippen LogP contribution in [0.2, 0.25) is 0 Å². The summed E-state index contributed by atoms with van der Waals surface area (Å²) in [5.74, 6) is -0.839. The van der Waals surface area contributed by atoms with Gasteiger partial charge in [-0.15, -0.1) is 0 Å². The van der Waals surface area contributed by atoms with E-state index in [0.717, 1.165) is 25.3 Å². The third kappa shape index (κ3) is 1.97. The molecule has 1 aliphatic carbocycles. The van der Waals surface area contributed by atoms with E-state index in [9.17, 15) is 8.78 Å². The summed E-state index contributed by atoms with van der Waals surface area (Å²) in [6.07, 6.45) is 2.89. The lowest BCUT2D eigenvalue weighted by molar-refractivity contribution is 0.244. The van der Waals surface area contributed by atoms with Crippen LogP contribution in [0, 0.1) is 11.6 Å². The standard InChI is InChI=1S/C14H19F2N/c1-9(2)10-6-11(13(16)7-12(10)15)14(8-17)4-3-5-14/h6-7,9H,3-5,8,17H2,1-2H3. The number of benzene rings is 1. The summed E-state index contributed by atoms with van der Waals surface area (Å²) in [6, 6.07) is 2.70. The van der Waals surface area contributed by atoms with Crippen molar-refractivity contribution >= 4 is 0 Å². The van der Waals surface area contributed by atoms with E-state index < -0.39 is 11.6 Å². The first kappa shape index (κ1) is 12.5. The van der Waals surface area contributed by atoms with Crippen molar-refractivity contribution in [2.75, 3.05) is 6.54 Å². The van der Waals surface area contributed by atoms with Crippen LogP contribution in [0.15, 0.2) is 12.1 Å². The molecular weight excluding hydrogens is 220 g/mol. The molecule has 1 fully saturated rings. The third-order valence-corrected chi connectivity index (χ3v) is 3.98. The van der Waals surface area contributed by atoms with Gasteiger partial charge in [0.25, 0.3) is 0 Å². The fourth-order valence-corrected chi connectivity index (χ4v) is 2.60. The summed E-state index contributed by atoms with van der Waals surface area (Å²) in [6.45, 7) is 4.26. The number of hydrogen-bond donors (Lipinski definition) is 1. The van der Waals surface area contributed by atoms with Crippen molar-refractivity contribution in [1.29, 1.82) is 0 Å². The van der Waals surface area contributed by atoms with Gasteiger partial charge in [-0.05, 0) is 36.0 Å². The van der Waals surface area contributed by atoms with E-state index in [1.807, 2.05) is 13.8 Å². The first-order valence-electron chi connectivity index (χ1n) is 6.19. The van der Waals surface area contributed by atoms with Gasteiger partial charge in [-0.3, -0.25) is 0 Å². The Morgan fingerprint density at radius 2 is 1.88 bits per heavy atom. The van der Waals surface area contributed by atoms with Crippen molar-refractivity contribution in [2.24, 2.45) is 5.73 Å². The van der Waals surface area contributed by atoms with Crippen molar-refractivity contribution in [3.05, 3.63) is 34.9 Å². The zero-order valence-corrected chi connectivity index (χ0v) is 10.4.